The lowest BCUT2D eigenvalue weighted by Gasteiger charge is -2.31. The number of carbonyl (C=O) groups excluding carboxylic acids is 2. The Morgan fingerprint density at radius 1 is 0.800 bits per heavy atom. The van der Waals surface area contributed by atoms with Gasteiger partial charge in [-0.05, 0) is 52.4 Å². The van der Waals surface area contributed by atoms with Crippen molar-refractivity contribution < 1.29 is 18.4 Å². The van der Waals surface area contributed by atoms with Gasteiger partial charge in [-0.15, -0.1) is 11.3 Å². The Labute approximate surface area is 206 Å². The third-order valence-electron chi connectivity index (χ3n) is 5.55. The van der Waals surface area contributed by atoms with Gasteiger partial charge >= 0.3 is 0 Å². The first-order chi connectivity index (χ1) is 17.0. The first-order valence-corrected chi connectivity index (χ1v) is 12.0. The summed E-state index contributed by atoms with van der Waals surface area (Å²) in [6.45, 7) is 0.367. The number of hydrogen-bond donors (Lipinski definition) is 1. The van der Waals surface area contributed by atoms with Gasteiger partial charge < -0.3 is 10.2 Å². The van der Waals surface area contributed by atoms with Gasteiger partial charge in [-0.1, -0.05) is 60.7 Å². The number of thiophene rings is 1. The van der Waals surface area contributed by atoms with Gasteiger partial charge in [-0.25, -0.2) is 8.78 Å². The molecule has 2 amide bonds. The molecule has 4 rings (SSSR count). The first kappa shape index (κ1) is 24.3. The van der Waals surface area contributed by atoms with Crippen molar-refractivity contribution in [3.05, 3.63) is 130 Å². The molecule has 0 spiro atoms. The molecule has 4 aromatic rings. The summed E-state index contributed by atoms with van der Waals surface area (Å²) in [5, 5.41) is 4.80. The highest BCUT2D eigenvalue weighted by Gasteiger charge is 2.31. The van der Waals surface area contributed by atoms with E-state index in [4.69, 9.17) is 0 Å². The minimum absolute atomic E-state index is 0.0886. The van der Waals surface area contributed by atoms with E-state index >= 15 is 0 Å². The molecule has 7 heteroatoms. The van der Waals surface area contributed by atoms with Crippen LogP contribution in [-0.4, -0.2) is 16.7 Å². The Bertz CT molecular complexity index is 1240. The average Bonchev–Trinajstić information content (AvgIpc) is 3.38. The molecule has 0 aliphatic rings. The molecule has 178 valence electrons. The van der Waals surface area contributed by atoms with Crippen LogP contribution in [-0.2, 0) is 29.1 Å². The summed E-state index contributed by atoms with van der Waals surface area (Å²) in [6, 6.07) is 23.5. The van der Waals surface area contributed by atoms with Crippen LogP contribution in [0.15, 0.2) is 96.4 Å². The molecule has 0 saturated carbocycles. The highest BCUT2D eigenvalue weighted by Crippen LogP contribution is 2.26. The van der Waals surface area contributed by atoms with Crippen molar-refractivity contribution >= 4 is 23.2 Å². The third kappa shape index (κ3) is 6.61. The SMILES string of the molecule is O=C(NCc1ccccc1)C(c1ccc(F)cc1)N(Cc1ccc(F)cc1)C(=O)Cc1cccs1. The molecular formula is C28H24F2N2O2S. The normalized spacial score (nSPS) is 11.6. The van der Waals surface area contributed by atoms with Crippen LogP contribution in [0.3, 0.4) is 0 Å². The van der Waals surface area contributed by atoms with Gasteiger partial charge in [0.2, 0.25) is 11.8 Å². The second-order valence-corrected chi connectivity index (χ2v) is 9.09. The van der Waals surface area contributed by atoms with E-state index in [0.717, 1.165) is 10.4 Å². The standard InChI is InChI=1S/C28H24F2N2O2S/c29-23-12-8-21(9-13-23)19-32(26(33)17-25-7-4-16-35-25)27(22-10-14-24(30)15-11-22)28(34)31-18-20-5-2-1-3-6-20/h1-16,27H,17-19H2,(H,31,34). The Hall–Kier alpha value is -3.84. The second-order valence-electron chi connectivity index (χ2n) is 8.06. The molecule has 1 N–H and O–H groups in total. The Balaban J connectivity index is 1.68. The molecule has 4 nitrogen and oxygen atoms in total. The first-order valence-electron chi connectivity index (χ1n) is 11.1. The summed E-state index contributed by atoms with van der Waals surface area (Å²) >= 11 is 1.46. The molecule has 3 aromatic carbocycles. The van der Waals surface area contributed by atoms with Crippen LogP contribution >= 0.6 is 11.3 Å². The smallest absolute Gasteiger partial charge is 0.247 e. The molecule has 1 heterocycles. The lowest BCUT2D eigenvalue weighted by Crippen LogP contribution is -2.43. The van der Waals surface area contributed by atoms with E-state index < -0.39 is 11.9 Å². The predicted octanol–water partition coefficient (Wildman–Crippen LogP) is 5.66. The van der Waals surface area contributed by atoms with E-state index in [1.807, 2.05) is 47.8 Å². The van der Waals surface area contributed by atoms with Gasteiger partial charge in [0.15, 0.2) is 0 Å². The van der Waals surface area contributed by atoms with E-state index in [0.29, 0.717) is 11.1 Å². The number of benzene rings is 3. The van der Waals surface area contributed by atoms with E-state index in [1.54, 1.807) is 12.1 Å². The highest BCUT2D eigenvalue weighted by atomic mass is 32.1. The van der Waals surface area contributed by atoms with E-state index in [1.165, 1.54) is 52.6 Å². The van der Waals surface area contributed by atoms with Gasteiger partial charge in [-0.2, -0.15) is 0 Å². The summed E-state index contributed by atoms with van der Waals surface area (Å²) in [6.07, 6.45) is 0.114. The molecule has 1 atom stereocenters. The molecule has 0 aliphatic heterocycles. The molecule has 0 radical (unpaired) electrons. The van der Waals surface area contributed by atoms with Crippen molar-refractivity contribution in [3.63, 3.8) is 0 Å². The number of halogens is 2. The van der Waals surface area contributed by atoms with Crippen molar-refractivity contribution in [3.8, 4) is 0 Å². The maximum atomic E-state index is 13.7. The van der Waals surface area contributed by atoms with Crippen LogP contribution in [0.25, 0.3) is 0 Å². The zero-order chi connectivity index (χ0) is 24.6. The Morgan fingerprint density at radius 2 is 1.46 bits per heavy atom. The van der Waals surface area contributed by atoms with Crippen LogP contribution < -0.4 is 5.32 Å². The van der Waals surface area contributed by atoms with Crippen molar-refractivity contribution in [2.45, 2.75) is 25.6 Å². The van der Waals surface area contributed by atoms with Gasteiger partial charge in [0, 0.05) is 18.0 Å². The minimum atomic E-state index is -1.00. The number of carbonyl (C=O) groups is 2. The zero-order valence-corrected chi connectivity index (χ0v) is 19.7. The van der Waals surface area contributed by atoms with Crippen LogP contribution in [0.2, 0.25) is 0 Å². The summed E-state index contributed by atoms with van der Waals surface area (Å²) in [7, 11) is 0. The molecule has 0 saturated heterocycles. The lowest BCUT2D eigenvalue weighted by molar-refractivity contribution is -0.141. The maximum absolute atomic E-state index is 13.7. The van der Waals surface area contributed by atoms with Crippen molar-refractivity contribution in [1.82, 2.24) is 10.2 Å². The molecule has 1 aromatic heterocycles. The van der Waals surface area contributed by atoms with E-state index in [9.17, 15) is 18.4 Å². The summed E-state index contributed by atoms with van der Waals surface area (Å²) in [4.78, 5) is 29.4. The summed E-state index contributed by atoms with van der Waals surface area (Å²) in [5.74, 6) is -1.48. The molecule has 0 fully saturated rings. The number of rotatable bonds is 9. The van der Waals surface area contributed by atoms with Gasteiger partial charge in [0.25, 0.3) is 0 Å². The van der Waals surface area contributed by atoms with Crippen molar-refractivity contribution in [1.29, 1.82) is 0 Å². The monoisotopic (exact) mass is 490 g/mol. The summed E-state index contributed by atoms with van der Waals surface area (Å²) in [5.41, 5.74) is 2.07. The average molecular weight is 491 g/mol. The van der Waals surface area contributed by atoms with Gasteiger partial charge in [-0.3, -0.25) is 9.59 Å². The fraction of sp³-hybridized carbons (Fsp3) is 0.143. The fourth-order valence-electron chi connectivity index (χ4n) is 3.77. The minimum Gasteiger partial charge on any atom is -0.350 e. The molecular weight excluding hydrogens is 466 g/mol. The van der Waals surface area contributed by atoms with E-state index in [2.05, 4.69) is 5.32 Å². The largest absolute Gasteiger partial charge is 0.350 e. The van der Waals surface area contributed by atoms with Crippen LogP contribution in [0, 0.1) is 11.6 Å². The summed E-state index contributed by atoms with van der Waals surface area (Å²) < 4.78 is 27.2. The molecule has 0 bridgehead atoms. The number of nitrogens with zero attached hydrogens (tertiary/aromatic N) is 1. The van der Waals surface area contributed by atoms with Gasteiger partial charge in [0.05, 0.1) is 6.42 Å². The quantitative estimate of drug-likeness (QED) is 0.329. The van der Waals surface area contributed by atoms with E-state index in [-0.39, 0.29) is 37.1 Å². The number of nitrogens with one attached hydrogen (secondary N) is 1. The van der Waals surface area contributed by atoms with Crippen LogP contribution in [0.5, 0.6) is 0 Å². The topological polar surface area (TPSA) is 49.4 Å². The Kier molecular flexibility index (Phi) is 8.00. The number of amides is 2. The number of hydrogen-bond acceptors (Lipinski definition) is 3. The Morgan fingerprint density at radius 3 is 2.09 bits per heavy atom. The highest BCUT2D eigenvalue weighted by molar-refractivity contribution is 7.10. The fourth-order valence-corrected chi connectivity index (χ4v) is 4.47. The second kappa shape index (κ2) is 11.5. The molecule has 1 unspecified atom stereocenters. The van der Waals surface area contributed by atoms with Crippen LogP contribution in [0.4, 0.5) is 8.78 Å². The lowest BCUT2D eigenvalue weighted by atomic mass is 10.0. The predicted molar refractivity (Wildman–Crippen MR) is 132 cm³/mol. The molecule has 35 heavy (non-hydrogen) atoms. The van der Waals surface area contributed by atoms with Crippen molar-refractivity contribution in [2.75, 3.05) is 0 Å². The third-order valence-corrected chi connectivity index (χ3v) is 6.42. The maximum Gasteiger partial charge on any atom is 0.247 e. The van der Waals surface area contributed by atoms with Crippen molar-refractivity contribution in [2.24, 2.45) is 0 Å². The van der Waals surface area contributed by atoms with Crippen LogP contribution in [0.1, 0.15) is 27.6 Å². The zero-order valence-electron chi connectivity index (χ0n) is 18.9. The molecule has 0 aliphatic carbocycles. The van der Waals surface area contributed by atoms with Gasteiger partial charge in [0.1, 0.15) is 17.7 Å².